The fourth-order valence-corrected chi connectivity index (χ4v) is 4.84. The molecule has 154 valence electrons. The van der Waals surface area contributed by atoms with Gasteiger partial charge in [0.05, 0.1) is 0 Å². The van der Waals surface area contributed by atoms with Crippen LogP contribution in [0.1, 0.15) is 29.0 Å². The summed E-state index contributed by atoms with van der Waals surface area (Å²) in [5.74, 6) is 0.926. The van der Waals surface area contributed by atoms with Crippen molar-refractivity contribution in [3.63, 3.8) is 0 Å². The number of rotatable bonds is 3. The van der Waals surface area contributed by atoms with E-state index in [9.17, 15) is 4.79 Å². The number of carbonyl (C=O) groups excluding carboxylic acids is 1. The van der Waals surface area contributed by atoms with Crippen LogP contribution in [0, 0.1) is 13.8 Å². The third-order valence-corrected chi connectivity index (χ3v) is 6.34. The summed E-state index contributed by atoms with van der Waals surface area (Å²) in [5.41, 5.74) is 5.58. The molecule has 2 aliphatic rings. The number of fused-ring (bicyclic) bond motifs is 3. The average Bonchev–Trinajstić information content (AvgIpc) is 3.30. The Bertz CT molecular complexity index is 1110. The van der Waals surface area contributed by atoms with Crippen LogP contribution in [-0.2, 0) is 11.3 Å². The molecule has 1 aromatic heterocycles. The van der Waals surface area contributed by atoms with Crippen LogP contribution in [0.4, 0.5) is 5.69 Å². The second-order valence-corrected chi connectivity index (χ2v) is 8.51. The molecule has 2 aromatic carbocycles. The van der Waals surface area contributed by atoms with Crippen LogP contribution in [0.2, 0.25) is 0 Å². The van der Waals surface area contributed by atoms with Crippen LogP contribution >= 0.6 is 0 Å². The summed E-state index contributed by atoms with van der Waals surface area (Å²) in [5, 5.41) is 12.8. The molecular weight excluding hydrogens is 376 g/mol. The van der Waals surface area contributed by atoms with Gasteiger partial charge in [-0.25, -0.2) is 0 Å². The number of tetrazole rings is 1. The molecule has 3 heterocycles. The molecule has 7 nitrogen and oxygen atoms in total. The van der Waals surface area contributed by atoms with E-state index in [0.717, 1.165) is 36.3 Å². The van der Waals surface area contributed by atoms with Gasteiger partial charge in [0.25, 0.3) is 5.91 Å². The second kappa shape index (κ2) is 7.32. The Balaban J connectivity index is 1.42. The van der Waals surface area contributed by atoms with E-state index in [0.29, 0.717) is 11.7 Å². The van der Waals surface area contributed by atoms with E-state index in [1.54, 1.807) is 0 Å². The Hall–Kier alpha value is -3.06. The van der Waals surface area contributed by atoms with Gasteiger partial charge in [-0.2, -0.15) is 4.80 Å². The Morgan fingerprint density at radius 3 is 2.83 bits per heavy atom. The van der Waals surface area contributed by atoms with Crippen LogP contribution in [-0.4, -0.2) is 57.2 Å². The van der Waals surface area contributed by atoms with E-state index < -0.39 is 0 Å². The van der Waals surface area contributed by atoms with Crippen molar-refractivity contribution in [1.29, 1.82) is 0 Å². The number of likely N-dealkylation sites (tertiary alicyclic amines) is 1. The lowest BCUT2D eigenvalue weighted by atomic mass is 9.89. The first-order valence-electron chi connectivity index (χ1n) is 10.5. The maximum Gasteiger partial charge on any atom is 0.250 e. The smallest absolute Gasteiger partial charge is 0.250 e. The zero-order valence-corrected chi connectivity index (χ0v) is 17.6. The Labute approximate surface area is 176 Å². The lowest BCUT2D eigenvalue weighted by Gasteiger charge is -2.36. The van der Waals surface area contributed by atoms with Gasteiger partial charge in [-0.3, -0.25) is 4.79 Å². The van der Waals surface area contributed by atoms with E-state index in [2.05, 4.69) is 52.5 Å². The maximum absolute atomic E-state index is 13.4. The van der Waals surface area contributed by atoms with Gasteiger partial charge in [0.15, 0.2) is 0 Å². The summed E-state index contributed by atoms with van der Waals surface area (Å²) in [4.78, 5) is 19.2. The molecule has 5 rings (SSSR count). The summed E-state index contributed by atoms with van der Waals surface area (Å²) >= 11 is 0. The number of nitrogens with zero attached hydrogens (tertiary/aromatic N) is 6. The average molecular weight is 403 g/mol. The summed E-state index contributed by atoms with van der Waals surface area (Å²) in [6.07, 6.45) is 0.972. The number of carbonyl (C=O) groups is 1. The van der Waals surface area contributed by atoms with E-state index in [4.69, 9.17) is 0 Å². The van der Waals surface area contributed by atoms with Crippen molar-refractivity contribution < 1.29 is 4.79 Å². The zero-order valence-electron chi connectivity index (χ0n) is 17.6. The number of aromatic nitrogens is 4. The molecule has 0 saturated carbocycles. The standard InChI is InChI=1S/C23H26N6O/c1-15-8-9-20-18(12-15)19-13-27(3)11-10-21(19)29(20)22(30)14-28-25-23(24-26-28)17-7-5-4-6-16(17)2/h4-9,12,19,21H,10-11,13-14H2,1-3H3/t19-,21-/m1/s1. The highest BCUT2D eigenvalue weighted by Crippen LogP contribution is 2.45. The van der Waals surface area contributed by atoms with Crippen molar-refractivity contribution in [3.05, 3.63) is 59.2 Å². The summed E-state index contributed by atoms with van der Waals surface area (Å²) in [6.45, 7) is 6.19. The van der Waals surface area contributed by atoms with Gasteiger partial charge in [-0.05, 0) is 56.3 Å². The number of amides is 1. The van der Waals surface area contributed by atoms with Crippen molar-refractivity contribution in [1.82, 2.24) is 25.1 Å². The van der Waals surface area contributed by atoms with Gasteiger partial charge in [0, 0.05) is 29.8 Å². The molecule has 1 amide bonds. The molecule has 2 aliphatic heterocycles. The molecule has 0 N–H and O–H groups in total. The molecule has 1 saturated heterocycles. The maximum atomic E-state index is 13.4. The Morgan fingerprint density at radius 2 is 2.00 bits per heavy atom. The molecule has 3 aromatic rings. The van der Waals surface area contributed by atoms with Gasteiger partial charge in [-0.1, -0.05) is 42.0 Å². The van der Waals surface area contributed by atoms with Crippen molar-refractivity contribution in [2.24, 2.45) is 0 Å². The quantitative estimate of drug-likeness (QED) is 0.674. The minimum absolute atomic E-state index is 0.0193. The van der Waals surface area contributed by atoms with Crippen LogP contribution < -0.4 is 4.90 Å². The van der Waals surface area contributed by atoms with E-state index in [-0.39, 0.29) is 18.5 Å². The molecule has 0 bridgehead atoms. The fourth-order valence-electron chi connectivity index (χ4n) is 4.84. The minimum Gasteiger partial charge on any atom is -0.307 e. The first-order chi connectivity index (χ1) is 14.5. The third-order valence-electron chi connectivity index (χ3n) is 6.34. The zero-order chi connectivity index (χ0) is 20.8. The fraction of sp³-hybridized carbons (Fsp3) is 0.391. The predicted molar refractivity (Wildman–Crippen MR) is 115 cm³/mol. The third kappa shape index (κ3) is 3.19. The van der Waals surface area contributed by atoms with Crippen molar-refractivity contribution in [3.8, 4) is 11.4 Å². The number of hydrogen-bond donors (Lipinski definition) is 0. The lowest BCUT2D eigenvalue weighted by molar-refractivity contribution is -0.120. The molecule has 0 spiro atoms. The number of benzene rings is 2. The molecule has 0 unspecified atom stereocenters. The van der Waals surface area contributed by atoms with Crippen LogP contribution in [0.15, 0.2) is 42.5 Å². The van der Waals surface area contributed by atoms with Crippen LogP contribution in [0.25, 0.3) is 11.4 Å². The molecule has 0 aliphatic carbocycles. The number of hydrogen-bond acceptors (Lipinski definition) is 5. The van der Waals surface area contributed by atoms with Gasteiger partial charge >= 0.3 is 0 Å². The normalized spacial score (nSPS) is 20.8. The highest BCUT2D eigenvalue weighted by molar-refractivity contribution is 5.96. The van der Waals surface area contributed by atoms with E-state index >= 15 is 0 Å². The van der Waals surface area contributed by atoms with Gasteiger partial charge in [-0.15, -0.1) is 10.2 Å². The highest BCUT2D eigenvalue weighted by atomic mass is 16.2. The molecule has 7 heteroatoms. The van der Waals surface area contributed by atoms with Gasteiger partial charge in [0.2, 0.25) is 5.82 Å². The highest BCUT2D eigenvalue weighted by Gasteiger charge is 2.43. The number of anilines is 1. The van der Waals surface area contributed by atoms with Crippen LogP contribution in [0.5, 0.6) is 0 Å². The number of piperidine rings is 1. The molecule has 0 radical (unpaired) electrons. The first-order valence-corrected chi connectivity index (χ1v) is 10.5. The number of aryl methyl sites for hydroxylation is 2. The SMILES string of the molecule is Cc1ccc2c(c1)[C@H]1CN(C)CC[C@H]1N2C(=O)Cn1nnc(-c2ccccc2C)n1. The van der Waals surface area contributed by atoms with Crippen LogP contribution in [0.3, 0.4) is 0 Å². The Kier molecular flexibility index (Phi) is 4.62. The Morgan fingerprint density at radius 1 is 1.17 bits per heavy atom. The van der Waals surface area contributed by atoms with Crippen molar-refractivity contribution in [2.75, 3.05) is 25.0 Å². The molecular formula is C23H26N6O. The predicted octanol–water partition coefficient (Wildman–Crippen LogP) is 2.79. The monoisotopic (exact) mass is 402 g/mol. The number of likely N-dealkylation sites (N-methyl/N-ethyl adjacent to an activating group) is 1. The lowest BCUT2D eigenvalue weighted by Crippen LogP contribution is -2.48. The molecule has 1 fully saturated rings. The van der Waals surface area contributed by atoms with Gasteiger partial charge in [0.1, 0.15) is 6.54 Å². The molecule has 30 heavy (non-hydrogen) atoms. The first kappa shape index (κ1) is 18.9. The summed E-state index contributed by atoms with van der Waals surface area (Å²) in [7, 11) is 2.16. The molecule has 2 atom stereocenters. The largest absolute Gasteiger partial charge is 0.307 e. The van der Waals surface area contributed by atoms with E-state index in [1.165, 1.54) is 15.9 Å². The second-order valence-electron chi connectivity index (χ2n) is 8.51. The van der Waals surface area contributed by atoms with Crippen molar-refractivity contribution >= 4 is 11.6 Å². The van der Waals surface area contributed by atoms with Gasteiger partial charge < -0.3 is 9.80 Å². The minimum atomic E-state index is 0.0193. The summed E-state index contributed by atoms with van der Waals surface area (Å²) < 4.78 is 0. The topological polar surface area (TPSA) is 67.2 Å². The van der Waals surface area contributed by atoms with Crippen molar-refractivity contribution in [2.45, 2.75) is 38.8 Å². The summed E-state index contributed by atoms with van der Waals surface area (Å²) in [6, 6.07) is 14.5. The van der Waals surface area contributed by atoms with E-state index in [1.807, 2.05) is 36.1 Å².